The van der Waals surface area contributed by atoms with Gasteiger partial charge >= 0.3 is 0 Å². The van der Waals surface area contributed by atoms with E-state index in [4.69, 9.17) is 0 Å². The lowest BCUT2D eigenvalue weighted by atomic mass is 10.1. The molecule has 0 aliphatic heterocycles. The van der Waals surface area contributed by atoms with Crippen LogP contribution in [0.3, 0.4) is 0 Å². The van der Waals surface area contributed by atoms with Crippen LogP contribution in [-0.2, 0) is 4.57 Å². The maximum absolute atomic E-state index is 11.5. The van der Waals surface area contributed by atoms with Gasteiger partial charge in [0.2, 0.25) is 7.37 Å². The van der Waals surface area contributed by atoms with E-state index in [-0.39, 0.29) is 0 Å². The van der Waals surface area contributed by atoms with E-state index < -0.39 is 7.37 Å². The third-order valence-electron chi connectivity index (χ3n) is 2.68. The Morgan fingerprint density at radius 1 is 0.800 bits per heavy atom. The summed E-state index contributed by atoms with van der Waals surface area (Å²) in [4.78, 5) is 9.51. The van der Waals surface area contributed by atoms with Crippen molar-refractivity contribution in [2.45, 2.75) is 65.2 Å². The van der Waals surface area contributed by atoms with Gasteiger partial charge in [0.25, 0.3) is 0 Å². The second kappa shape index (κ2) is 9.42. The minimum absolute atomic E-state index is 0.503. The standard InChI is InChI=1S/C12H27O2P/c1-3-5-6-7-8-9-10-12-15(13,14)11-4-2/h3-12H2,1-2H3,(H,13,14). The lowest BCUT2D eigenvalue weighted by Crippen LogP contribution is -1.94. The maximum atomic E-state index is 11.5. The van der Waals surface area contributed by atoms with Crippen LogP contribution in [0.4, 0.5) is 0 Å². The summed E-state index contributed by atoms with van der Waals surface area (Å²) in [6.45, 7) is 4.18. The molecule has 0 aromatic carbocycles. The quantitative estimate of drug-likeness (QED) is 0.449. The van der Waals surface area contributed by atoms with E-state index in [0.717, 1.165) is 19.3 Å². The van der Waals surface area contributed by atoms with Crippen molar-refractivity contribution in [3.05, 3.63) is 0 Å². The lowest BCUT2D eigenvalue weighted by molar-refractivity contribution is 0.472. The van der Waals surface area contributed by atoms with Gasteiger partial charge in [0.15, 0.2) is 0 Å². The Bertz CT molecular complexity index is 180. The molecule has 0 aromatic rings. The van der Waals surface area contributed by atoms with Crippen molar-refractivity contribution < 1.29 is 9.46 Å². The first-order valence-electron chi connectivity index (χ1n) is 6.43. The van der Waals surface area contributed by atoms with Gasteiger partial charge in [-0.3, -0.25) is 4.57 Å². The Kier molecular flexibility index (Phi) is 9.54. The minimum Gasteiger partial charge on any atom is -0.344 e. The topological polar surface area (TPSA) is 37.3 Å². The van der Waals surface area contributed by atoms with E-state index in [2.05, 4.69) is 6.92 Å². The summed E-state index contributed by atoms with van der Waals surface area (Å²) in [5.41, 5.74) is 0. The van der Waals surface area contributed by atoms with Crippen molar-refractivity contribution in [2.24, 2.45) is 0 Å². The van der Waals surface area contributed by atoms with Crippen molar-refractivity contribution in [3.8, 4) is 0 Å². The highest BCUT2D eigenvalue weighted by atomic mass is 31.2. The molecule has 1 N–H and O–H groups in total. The first kappa shape index (κ1) is 15.2. The fourth-order valence-corrected chi connectivity index (χ4v) is 3.42. The van der Waals surface area contributed by atoms with E-state index >= 15 is 0 Å². The van der Waals surface area contributed by atoms with Crippen molar-refractivity contribution in [2.75, 3.05) is 12.3 Å². The zero-order valence-corrected chi connectivity index (χ0v) is 11.3. The van der Waals surface area contributed by atoms with Crippen LogP contribution in [-0.4, -0.2) is 17.2 Å². The van der Waals surface area contributed by atoms with Crippen LogP contribution in [0.5, 0.6) is 0 Å². The van der Waals surface area contributed by atoms with E-state index in [1.54, 1.807) is 0 Å². The lowest BCUT2D eigenvalue weighted by Gasteiger charge is -2.09. The van der Waals surface area contributed by atoms with Crippen molar-refractivity contribution in [1.82, 2.24) is 0 Å². The zero-order valence-electron chi connectivity index (χ0n) is 10.4. The number of hydrogen-bond acceptors (Lipinski definition) is 1. The predicted octanol–water partition coefficient (Wildman–Crippen LogP) is 4.42. The Balaban J connectivity index is 3.26. The summed E-state index contributed by atoms with van der Waals surface area (Å²) in [5, 5.41) is 0. The van der Waals surface area contributed by atoms with Crippen LogP contribution in [0.2, 0.25) is 0 Å². The first-order valence-corrected chi connectivity index (χ1v) is 8.46. The average molecular weight is 234 g/mol. The molecule has 1 unspecified atom stereocenters. The van der Waals surface area contributed by atoms with Gasteiger partial charge in [0.05, 0.1) is 0 Å². The fourth-order valence-electron chi connectivity index (χ4n) is 1.78. The Hall–Kier alpha value is 0.190. The molecular weight excluding hydrogens is 207 g/mol. The van der Waals surface area contributed by atoms with Gasteiger partial charge in [-0.05, 0) is 12.8 Å². The Labute approximate surface area is 94.9 Å². The second-order valence-corrected chi connectivity index (χ2v) is 7.00. The number of hydrogen-bond donors (Lipinski definition) is 1. The summed E-state index contributed by atoms with van der Waals surface area (Å²) in [7, 11) is -2.75. The first-order chi connectivity index (χ1) is 7.12. The highest BCUT2D eigenvalue weighted by molar-refractivity contribution is 7.57. The molecule has 0 amide bonds. The van der Waals surface area contributed by atoms with Gasteiger partial charge in [-0.15, -0.1) is 0 Å². The van der Waals surface area contributed by atoms with E-state index in [9.17, 15) is 9.46 Å². The second-order valence-electron chi connectivity index (χ2n) is 4.41. The summed E-state index contributed by atoms with van der Waals surface area (Å²) in [6.07, 6.45) is 10.4. The molecule has 2 nitrogen and oxygen atoms in total. The van der Waals surface area contributed by atoms with E-state index in [1.807, 2.05) is 6.92 Å². The molecule has 0 rings (SSSR count). The van der Waals surface area contributed by atoms with Crippen LogP contribution < -0.4 is 0 Å². The minimum atomic E-state index is -2.75. The Morgan fingerprint density at radius 3 is 1.87 bits per heavy atom. The largest absolute Gasteiger partial charge is 0.344 e. The average Bonchev–Trinajstić information content (AvgIpc) is 2.16. The van der Waals surface area contributed by atoms with Gasteiger partial charge in [0.1, 0.15) is 0 Å². The summed E-state index contributed by atoms with van der Waals surface area (Å²) in [5.74, 6) is 0. The molecule has 15 heavy (non-hydrogen) atoms. The highest BCUT2D eigenvalue weighted by Gasteiger charge is 2.15. The molecule has 0 saturated heterocycles. The third-order valence-corrected chi connectivity index (χ3v) is 4.85. The summed E-state index contributed by atoms with van der Waals surface area (Å²) < 4.78 is 11.5. The molecule has 1 atom stereocenters. The van der Waals surface area contributed by atoms with Crippen LogP contribution in [0.1, 0.15) is 65.2 Å². The van der Waals surface area contributed by atoms with Crippen molar-refractivity contribution >= 4 is 7.37 Å². The SMILES string of the molecule is CCCCCCCCCP(=O)(O)CCC. The number of rotatable bonds is 10. The normalized spacial score (nSPS) is 15.1. The van der Waals surface area contributed by atoms with Crippen molar-refractivity contribution in [1.29, 1.82) is 0 Å². The molecule has 92 valence electrons. The van der Waals surface area contributed by atoms with Gasteiger partial charge < -0.3 is 4.89 Å². The molecular formula is C12H27O2P. The number of unbranched alkanes of at least 4 members (excludes halogenated alkanes) is 6. The zero-order chi connectivity index (χ0) is 11.6. The highest BCUT2D eigenvalue weighted by Crippen LogP contribution is 2.41. The molecule has 0 fully saturated rings. The van der Waals surface area contributed by atoms with E-state index in [0.29, 0.717) is 12.3 Å². The van der Waals surface area contributed by atoms with Crippen LogP contribution in [0.15, 0.2) is 0 Å². The van der Waals surface area contributed by atoms with Crippen LogP contribution in [0.25, 0.3) is 0 Å². The predicted molar refractivity (Wildman–Crippen MR) is 67.8 cm³/mol. The van der Waals surface area contributed by atoms with Gasteiger partial charge in [-0.25, -0.2) is 0 Å². The third kappa shape index (κ3) is 10.5. The Morgan fingerprint density at radius 2 is 1.33 bits per heavy atom. The molecule has 0 aromatic heterocycles. The van der Waals surface area contributed by atoms with Gasteiger partial charge in [0, 0.05) is 12.3 Å². The molecule has 0 saturated carbocycles. The summed E-state index contributed by atoms with van der Waals surface area (Å²) >= 11 is 0. The maximum Gasteiger partial charge on any atom is 0.200 e. The van der Waals surface area contributed by atoms with Gasteiger partial charge in [-0.2, -0.15) is 0 Å². The molecule has 0 aliphatic rings. The summed E-state index contributed by atoms with van der Waals surface area (Å²) in [6, 6.07) is 0. The molecule has 0 radical (unpaired) electrons. The monoisotopic (exact) mass is 234 g/mol. The molecule has 0 spiro atoms. The van der Waals surface area contributed by atoms with Crippen molar-refractivity contribution in [3.63, 3.8) is 0 Å². The van der Waals surface area contributed by atoms with Crippen LogP contribution in [0, 0.1) is 0 Å². The van der Waals surface area contributed by atoms with Gasteiger partial charge in [-0.1, -0.05) is 52.4 Å². The molecule has 0 aliphatic carbocycles. The van der Waals surface area contributed by atoms with E-state index in [1.165, 1.54) is 32.1 Å². The fraction of sp³-hybridized carbons (Fsp3) is 1.00. The molecule has 0 bridgehead atoms. The van der Waals surface area contributed by atoms with Crippen LogP contribution >= 0.6 is 7.37 Å². The smallest absolute Gasteiger partial charge is 0.200 e. The molecule has 3 heteroatoms. The molecule has 0 heterocycles.